The van der Waals surface area contributed by atoms with Crippen LogP contribution >= 0.6 is 0 Å². The predicted molar refractivity (Wildman–Crippen MR) is 339 cm³/mol. The van der Waals surface area contributed by atoms with Gasteiger partial charge in [-0.15, -0.1) is 0 Å². The number of nitrogens with one attached hydrogen (secondary N) is 1. The molecule has 79 heavy (non-hydrogen) atoms. The SMILES string of the molecule is CC.CC.CC.CC.CC.CC.CC.CF.Cc1ccccn1.O=c1[nH]c2ccccc2o1.c1ccc2c(c1)CCO2.c1ccc2c(c1)OCO2.c1ccc2ncccc2c1.c1ccccc1.c1ccccc1.c1ccncc1. The Bertz CT molecular complexity index is 2390. The van der Waals surface area contributed by atoms with Gasteiger partial charge in [-0.2, -0.15) is 0 Å². The highest BCUT2D eigenvalue weighted by Crippen LogP contribution is 2.30. The van der Waals surface area contributed by atoms with Gasteiger partial charge in [0.25, 0.3) is 0 Å². The normalized spacial score (nSPS) is 9.03. The van der Waals surface area contributed by atoms with E-state index in [0.717, 1.165) is 47.0 Å². The molecule has 0 saturated heterocycles. The van der Waals surface area contributed by atoms with E-state index in [9.17, 15) is 9.18 Å². The maximum atomic E-state index is 10.6. The highest BCUT2D eigenvalue weighted by Gasteiger charge is 2.10. The van der Waals surface area contributed by atoms with E-state index >= 15 is 0 Å². The van der Waals surface area contributed by atoms with Gasteiger partial charge >= 0.3 is 5.76 Å². The van der Waals surface area contributed by atoms with Gasteiger partial charge in [0.05, 0.1) is 24.8 Å². The van der Waals surface area contributed by atoms with Gasteiger partial charge in [-0.25, -0.2) is 4.79 Å². The van der Waals surface area contributed by atoms with E-state index in [-0.39, 0.29) is 0 Å². The van der Waals surface area contributed by atoms with Crippen LogP contribution in [0.3, 0.4) is 0 Å². The molecule has 6 aromatic carbocycles. The molecule has 0 aliphatic carbocycles. The molecule has 0 spiro atoms. The van der Waals surface area contributed by atoms with Crippen LogP contribution in [-0.2, 0) is 6.42 Å². The Morgan fingerprint density at radius 2 is 0.810 bits per heavy atom. The van der Waals surface area contributed by atoms with Crippen LogP contribution in [0.2, 0.25) is 0 Å². The number of pyridine rings is 3. The monoisotopic (exact) mass is 1080 g/mol. The first-order valence-corrected chi connectivity index (χ1v) is 27.7. The Morgan fingerprint density at radius 3 is 1.23 bits per heavy atom. The zero-order valence-corrected chi connectivity index (χ0v) is 50.5. The topological polar surface area (TPSA) is 112 Å². The van der Waals surface area contributed by atoms with E-state index < -0.39 is 5.76 Å². The van der Waals surface area contributed by atoms with Gasteiger partial charge in [-0.3, -0.25) is 24.3 Å². The summed E-state index contributed by atoms with van der Waals surface area (Å²) < 4.78 is 29.7. The molecule has 1 N–H and O–H groups in total. The van der Waals surface area contributed by atoms with Gasteiger partial charge in [-0.1, -0.05) is 249 Å². The number of rotatable bonds is 0. The fraction of sp³-hybridized carbons (Fsp3) is 0.275. The first-order valence-electron chi connectivity index (χ1n) is 27.7. The molecule has 9 nitrogen and oxygen atoms in total. The molecule has 0 radical (unpaired) electrons. The number of nitrogens with zero attached hydrogens (tertiary/aromatic N) is 3. The number of hydrogen-bond donors (Lipinski definition) is 1. The lowest BCUT2D eigenvalue weighted by Gasteiger charge is -1.93. The molecule has 0 amide bonds. The van der Waals surface area contributed by atoms with Crippen molar-refractivity contribution < 1.29 is 23.0 Å². The Balaban J connectivity index is -0.000000395. The van der Waals surface area contributed by atoms with Crippen LogP contribution < -0.4 is 20.0 Å². The number of aromatic amines is 1. The Hall–Kier alpha value is -8.37. The van der Waals surface area contributed by atoms with E-state index in [4.69, 9.17) is 18.6 Å². The number of hydrogen-bond acceptors (Lipinski definition) is 8. The third-order valence-corrected chi connectivity index (χ3v) is 8.43. The van der Waals surface area contributed by atoms with Gasteiger partial charge in [0.15, 0.2) is 17.1 Å². The lowest BCUT2D eigenvalue weighted by molar-refractivity contribution is 0.174. The number of H-pyrrole nitrogens is 1. The van der Waals surface area contributed by atoms with E-state index in [1.165, 1.54) is 10.9 Å². The summed E-state index contributed by atoms with van der Waals surface area (Å²) in [6.45, 7) is 31.2. The minimum Gasteiger partial charge on any atom is -0.493 e. The fourth-order valence-electron chi connectivity index (χ4n) is 5.41. The van der Waals surface area contributed by atoms with E-state index in [1.807, 2.05) is 298 Å². The standard InChI is InChI=1S/C9H7N.C8H8O.C7H5NO2.C7H6O2.C6H7N.2C6H6.C5H5N.7C2H6.CH3F/c1-2-6-9-8(4-1)5-3-7-10-9;1-2-4-8-7(3-1)5-6-9-8;9-7-8-5-3-1-2-4-6(5)10-7;1-2-4-7-6(3-1)8-5-9-7;1-6-4-2-3-5-7-6;3*1-2-4-6-5-3-1;8*1-2/h1-7H;1-4H,5-6H2;1-4H,(H,8,9);1-4H,5H2;2-5H,1H3;2*1-6H;1-5H;7*1-2H3;1H3. The van der Waals surface area contributed by atoms with Gasteiger partial charge in [-0.05, 0) is 79.2 Å². The van der Waals surface area contributed by atoms with Crippen molar-refractivity contribution in [3.05, 3.63) is 265 Å². The van der Waals surface area contributed by atoms with Crippen LogP contribution in [0.25, 0.3) is 22.0 Å². The van der Waals surface area contributed by atoms with Crippen molar-refractivity contribution in [3.63, 3.8) is 0 Å². The first-order chi connectivity index (χ1) is 39.2. The zero-order valence-electron chi connectivity index (χ0n) is 50.5. The minimum absolute atomic E-state index is 0.360. The minimum atomic E-state index is -0.402. The molecular formula is C69H95FN4O5. The molecule has 2 aliphatic rings. The van der Waals surface area contributed by atoms with E-state index in [0.29, 0.717) is 19.6 Å². The van der Waals surface area contributed by atoms with Gasteiger partial charge in [0.2, 0.25) is 6.79 Å². The molecule has 6 heterocycles. The lowest BCUT2D eigenvalue weighted by atomic mass is 10.2. The largest absolute Gasteiger partial charge is 0.493 e. The zero-order chi connectivity index (χ0) is 59.8. The number of oxazole rings is 1. The second-order valence-corrected chi connectivity index (χ2v) is 13.1. The highest BCUT2D eigenvalue weighted by atomic mass is 19.1. The van der Waals surface area contributed by atoms with Crippen molar-refractivity contribution >= 4 is 22.0 Å². The summed E-state index contributed by atoms with van der Waals surface area (Å²) in [7, 11) is 0.500. The number of aryl methyl sites for hydroxylation is 1. The quantitative estimate of drug-likeness (QED) is 0.160. The average molecular weight is 1080 g/mol. The highest BCUT2D eigenvalue weighted by molar-refractivity contribution is 5.77. The number of ether oxygens (including phenoxy) is 3. The number of alkyl halides is 1. The van der Waals surface area contributed by atoms with Crippen LogP contribution in [0.1, 0.15) is 108 Å². The molecule has 0 atom stereocenters. The number of halogens is 1. The molecule has 4 aromatic heterocycles. The smallest absolute Gasteiger partial charge is 0.417 e. The van der Waals surface area contributed by atoms with Crippen molar-refractivity contribution in [2.45, 2.75) is 110 Å². The summed E-state index contributed by atoms with van der Waals surface area (Å²) in [6.07, 6.45) is 8.17. The number of para-hydroxylation sites is 6. The fourth-order valence-corrected chi connectivity index (χ4v) is 5.41. The summed E-state index contributed by atoms with van der Waals surface area (Å²) in [5, 5.41) is 1.20. The van der Waals surface area contributed by atoms with Crippen LogP contribution in [0, 0.1) is 6.92 Å². The van der Waals surface area contributed by atoms with Gasteiger partial charge in [0, 0.05) is 42.3 Å². The molecule has 0 saturated carbocycles. The molecule has 12 rings (SSSR count). The van der Waals surface area contributed by atoms with E-state index in [2.05, 4.69) is 38.1 Å². The van der Waals surface area contributed by atoms with Gasteiger partial charge in [0.1, 0.15) is 5.75 Å². The third-order valence-electron chi connectivity index (χ3n) is 8.43. The number of aromatic nitrogens is 4. The third kappa shape index (κ3) is 40.5. The molecule has 10 aromatic rings. The van der Waals surface area contributed by atoms with Crippen molar-refractivity contribution in [2.75, 3.05) is 20.6 Å². The van der Waals surface area contributed by atoms with Crippen molar-refractivity contribution in [2.24, 2.45) is 0 Å². The Morgan fingerprint density at radius 1 is 0.405 bits per heavy atom. The number of benzene rings is 6. The average Bonchev–Trinajstić information content (AvgIpc) is 4.36. The van der Waals surface area contributed by atoms with Crippen LogP contribution in [0.5, 0.6) is 17.2 Å². The summed E-state index contributed by atoms with van der Waals surface area (Å²) >= 11 is 0. The van der Waals surface area contributed by atoms with Crippen molar-refractivity contribution in [3.8, 4) is 17.2 Å². The molecule has 428 valence electrons. The molecular weight excluding hydrogens is 984 g/mol. The Kier molecular flexibility index (Phi) is 60.7. The maximum absolute atomic E-state index is 10.6. The maximum Gasteiger partial charge on any atom is 0.417 e. The van der Waals surface area contributed by atoms with Crippen molar-refractivity contribution in [1.82, 2.24) is 19.9 Å². The summed E-state index contributed by atoms with van der Waals surface area (Å²) in [5.41, 5.74) is 4.82. The molecule has 0 unspecified atom stereocenters. The second-order valence-electron chi connectivity index (χ2n) is 13.1. The molecule has 0 fully saturated rings. The van der Waals surface area contributed by atoms with Crippen LogP contribution in [-0.4, -0.2) is 40.5 Å². The number of fused-ring (bicyclic) bond motifs is 4. The Labute approximate surface area is 476 Å². The van der Waals surface area contributed by atoms with Crippen LogP contribution in [0.15, 0.2) is 252 Å². The molecule has 2 aliphatic heterocycles. The second kappa shape index (κ2) is 62.2. The van der Waals surface area contributed by atoms with Crippen LogP contribution in [0.4, 0.5) is 4.39 Å². The summed E-state index contributed by atoms with van der Waals surface area (Å²) in [6, 6.07) is 70.7. The van der Waals surface area contributed by atoms with Gasteiger partial charge < -0.3 is 18.6 Å². The first kappa shape index (κ1) is 77.1. The molecule has 10 heteroatoms. The summed E-state index contributed by atoms with van der Waals surface area (Å²) in [5.74, 6) is 2.36. The molecule has 0 bridgehead atoms. The summed E-state index contributed by atoms with van der Waals surface area (Å²) in [4.78, 5) is 25.0. The van der Waals surface area contributed by atoms with E-state index in [1.54, 1.807) is 30.7 Å². The van der Waals surface area contributed by atoms with Crippen molar-refractivity contribution in [1.29, 1.82) is 0 Å². The lowest BCUT2D eigenvalue weighted by Crippen LogP contribution is -1.92. The predicted octanol–water partition coefficient (Wildman–Crippen LogP) is 20.0.